The zero-order valence-corrected chi connectivity index (χ0v) is 33.0. The van der Waals surface area contributed by atoms with Gasteiger partial charge in [0.15, 0.2) is 0 Å². The molecule has 0 bridgehead atoms. The number of benzene rings is 10. The third-order valence-corrected chi connectivity index (χ3v) is 11.8. The van der Waals surface area contributed by atoms with Crippen molar-refractivity contribution in [2.75, 3.05) is 0 Å². The van der Waals surface area contributed by atoms with E-state index in [1.54, 1.807) is 0 Å². The third-order valence-electron chi connectivity index (χ3n) is 11.8. The first-order valence-electron chi connectivity index (χ1n) is 20.6. The Kier molecular flexibility index (Phi) is 8.91. The molecular formula is C59H39N. The summed E-state index contributed by atoms with van der Waals surface area (Å²) >= 11 is 0. The Morgan fingerprint density at radius 3 is 0.933 bits per heavy atom. The van der Waals surface area contributed by atoms with E-state index in [1.807, 2.05) is 0 Å². The molecule has 0 saturated heterocycles. The van der Waals surface area contributed by atoms with Gasteiger partial charge in [-0.1, -0.05) is 188 Å². The molecule has 10 aromatic carbocycles. The van der Waals surface area contributed by atoms with Crippen LogP contribution in [0.3, 0.4) is 0 Å². The fraction of sp³-hybridized carbons (Fsp3) is 0. The van der Waals surface area contributed by atoms with Crippen LogP contribution in [0.25, 0.3) is 110 Å². The van der Waals surface area contributed by atoms with E-state index in [1.165, 1.54) is 71.3 Å². The molecule has 11 rings (SSSR count). The zero-order chi connectivity index (χ0) is 39.8. The Morgan fingerprint density at radius 2 is 0.467 bits per heavy atom. The molecule has 0 N–H and O–H groups in total. The van der Waals surface area contributed by atoms with E-state index in [0.29, 0.717) is 0 Å². The van der Waals surface area contributed by atoms with Gasteiger partial charge >= 0.3 is 0 Å². The SMILES string of the molecule is c1ccc(-c2cc(-c3cccc(-c4cc(-c5ccccc5)nc(-c5ccccc5)c4)c3)cc(-c3ccc4c5ccc(-c6ccccc6)cc5c5ccccc5c4c3)c2)cc1. The average Bonchev–Trinajstić information content (AvgIpc) is 3.34. The maximum absolute atomic E-state index is 5.14. The predicted molar refractivity (Wildman–Crippen MR) is 255 cm³/mol. The number of hydrogen-bond donors (Lipinski definition) is 0. The molecule has 1 nitrogen and oxygen atoms in total. The monoisotopic (exact) mass is 761 g/mol. The summed E-state index contributed by atoms with van der Waals surface area (Å²) in [5, 5.41) is 7.61. The summed E-state index contributed by atoms with van der Waals surface area (Å²) in [6.07, 6.45) is 0. The second-order valence-electron chi connectivity index (χ2n) is 15.5. The Labute approximate surface area is 350 Å². The highest BCUT2D eigenvalue weighted by Crippen LogP contribution is 2.41. The average molecular weight is 762 g/mol. The minimum absolute atomic E-state index is 0.957. The molecule has 0 spiro atoms. The van der Waals surface area contributed by atoms with Gasteiger partial charge in [0.2, 0.25) is 0 Å². The molecule has 0 atom stereocenters. The van der Waals surface area contributed by atoms with Crippen molar-refractivity contribution in [3.05, 3.63) is 237 Å². The van der Waals surface area contributed by atoms with Crippen molar-refractivity contribution in [3.63, 3.8) is 0 Å². The van der Waals surface area contributed by atoms with Crippen LogP contribution in [0.4, 0.5) is 0 Å². The first-order valence-corrected chi connectivity index (χ1v) is 20.6. The molecule has 0 radical (unpaired) electrons. The maximum atomic E-state index is 5.14. The minimum Gasteiger partial charge on any atom is -0.248 e. The summed E-state index contributed by atoms with van der Waals surface area (Å²) in [6.45, 7) is 0. The van der Waals surface area contributed by atoms with Crippen LogP contribution >= 0.6 is 0 Å². The third kappa shape index (κ3) is 6.63. The Balaban J connectivity index is 1.06. The van der Waals surface area contributed by atoms with Crippen molar-refractivity contribution in [2.45, 2.75) is 0 Å². The molecule has 1 heteroatoms. The Morgan fingerprint density at radius 1 is 0.167 bits per heavy atom. The number of nitrogens with zero attached hydrogens (tertiary/aromatic N) is 1. The molecule has 0 fully saturated rings. The standard InChI is InChI=1S/C59H39N/c1-5-16-40(17-6-1)46-28-30-54-55-31-29-47(37-57(55)53-27-14-13-26-52(53)56(54)36-46)50-34-48(41-18-7-2-8-19-41)33-49(35-50)44-24-15-25-45(32-44)51-38-58(42-20-9-3-10-21-42)60-59(39-51)43-22-11-4-12-23-43/h1-39H. The van der Waals surface area contributed by atoms with Crippen LogP contribution in [0.1, 0.15) is 0 Å². The number of rotatable bonds is 7. The van der Waals surface area contributed by atoms with Gasteiger partial charge in [-0.25, -0.2) is 4.98 Å². The van der Waals surface area contributed by atoms with Crippen LogP contribution in [0.2, 0.25) is 0 Å². The molecule has 60 heavy (non-hydrogen) atoms. The lowest BCUT2D eigenvalue weighted by Crippen LogP contribution is -1.92. The van der Waals surface area contributed by atoms with Gasteiger partial charge in [-0.15, -0.1) is 0 Å². The number of pyridine rings is 1. The lowest BCUT2D eigenvalue weighted by molar-refractivity contribution is 1.32. The summed E-state index contributed by atoms with van der Waals surface area (Å²) in [6, 6.07) is 85.6. The van der Waals surface area contributed by atoms with Gasteiger partial charge in [-0.2, -0.15) is 0 Å². The van der Waals surface area contributed by atoms with Crippen molar-refractivity contribution in [3.8, 4) is 78.1 Å². The second kappa shape index (κ2) is 15.1. The maximum Gasteiger partial charge on any atom is 0.0715 e. The van der Waals surface area contributed by atoms with E-state index in [4.69, 9.17) is 4.98 Å². The van der Waals surface area contributed by atoms with Crippen LogP contribution < -0.4 is 0 Å². The van der Waals surface area contributed by atoms with Gasteiger partial charge in [0.1, 0.15) is 0 Å². The molecule has 0 amide bonds. The number of hydrogen-bond acceptors (Lipinski definition) is 1. The highest BCUT2D eigenvalue weighted by Gasteiger charge is 2.15. The molecule has 0 aliphatic rings. The number of aromatic nitrogens is 1. The predicted octanol–water partition coefficient (Wildman–Crippen LogP) is 16.2. The number of fused-ring (bicyclic) bond motifs is 6. The Hall–Kier alpha value is -7.87. The summed E-state index contributed by atoms with van der Waals surface area (Å²) in [5.74, 6) is 0. The van der Waals surface area contributed by atoms with Crippen molar-refractivity contribution in [1.82, 2.24) is 4.98 Å². The van der Waals surface area contributed by atoms with Gasteiger partial charge in [0, 0.05) is 11.1 Å². The molecule has 11 aromatic rings. The summed E-state index contributed by atoms with van der Waals surface area (Å²) in [7, 11) is 0. The van der Waals surface area contributed by atoms with Crippen molar-refractivity contribution in [1.29, 1.82) is 0 Å². The van der Waals surface area contributed by atoms with Crippen LogP contribution in [-0.2, 0) is 0 Å². The molecule has 280 valence electrons. The minimum atomic E-state index is 0.957. The van der Waals surface area contributed by atoms with Gasteiger partial charge in [0.25, 0.3) is 0 Å². The van der Waals surface area contributed by atoms with Gasteiger partial charge < -0.3 is 0 Å². The topological polar surface area (TPSA) is 12.9 Å². The molecule has 0 unspecified atom stereocenters. The van der Waals surface area contributed by atoms with Crippen molar-refractivity contribution in [2.24, 2.45) is 0 Å². The quantitative estimate of drug-likeness (QED) is 0.147. The van der Waals surface area contributed by atoms with Gasteiger partial charge in [-0.05, 0) is 136 Å². The van der Waals surface area contributed by atoms with E-state index in [2.05, 4.69) is 237 Å². The fourth-order valence-corrected chi connectivity index (χ4v) is 8.79. The highest BCUT2D eigenvalue weighted by molar-refractivity contribution is 6.26. The molecule has 0 aliphatic carbocycles. The molecular weight excluding hydrogens is 723 g/mol. The first kappa shape index (κ1) is 35.3. The van der Waals surface area contributed by atoms with E-state index < -0.39 is 0 Å². The molecule has 0 aliphatic heterocycles. The Bertz CT molecular complexity index is 3260. The first-order chi connectivity index (χ1) is 29.7. The van der Waals surface area contributed by atoms with E-state index in [0.717, 1.165) is 39.2 Å². The molecule has 1 heterocycles. The van der Waals surface area contributed by atoms with Crippen LogP contribution in [0.5, 0.6) is 0 Å². The van der Waals surface area contributed by atoms with Gasteiger partial charge in [0.05, 0.1) is 11.4 Å². The van der Waals surface area contributed by atoms with E-state index in [-0.39, 0.29) is 0 Å². The van der Waals surface area contributed by atoms with Crippen molar-refractivity contribution >= 4 is 32.3 Å². The zero-order valence-electron chi connectivity index (χ0n) is 33.0. The normalized spacial score (nSPS) is 11.3. The molecule has 1 aromatic heterocycles. The lowest BCUT2D eigenvalue weighted by Gasteiger charge is -2.15. The van der Waals surface area contributed by atoms with E-state index in [9.17, 15) is 0 Å². The summed E-state index contributed by atoms with van der Waals surface area (Å²) in [4.78, 5) is 5.14. The van der Waals surface area contributed by atoms with Crippen LogP contribution in [0.15, 0.2) is 237 Å². The lowest BCUT2D eigenvalue weighted by atomic mass is 9.89. The van der Waals surface area contributed by atoms with Crippen molar-refractivity contribution < 1.29 is 0 Å². The summed E-state index contributed by atoms with van der Waals surface area (Å²) < 4.78 is 0. The van der Waals surface area contributed by atoms with Gasteiger partial charge in [-0.3, -0.25) is 0 Å². The summed E-state index contributed by atoms with van der Waals surface area (Å²) in [5.41, 5.74) is 15.9. The van der Waals surface area contributed by atoms with Crippen LogP contribution in [0, 0.1) is 0 Å². The highest BCUT2D eigenvalue weighted by atomic mass is 14.7. The van der Waals surface area contributed by atoms with Crippen LogP contribution in [-0.4, -0.2) is 4.98 Å². The largest absolute Gasteiger partial charge is 0.248 e. The van der Waals surface area contributed by atoms with E-state index >= 15 is 0 Å². The fourth-order valence-electron chi connectivity index (χ4n) is 8.79. The second-order valence-corrected chi connectivity index (χ2v) is 15.5. The smallest absolute Gasteiger partial charge is 0.0715 e. The molecule has 0 saturated carbocycles.